The van der Waals surface area contributed by atoms with Crippen LogP contribution in [0.25, 0.3) is 11.0 Å². The molecule has 1 fully saturated rings. The SMILES string of the molecule is CC(OCCCCN1CCC2(CC1)OCc1ccccc12)(c1cc2ccccn2n1)c1cc2ccccn2n1.O=C(O)/C=C\C(=O)O. The highest BCUT2D eigenvalue weighted by Crippen LogP contribution is 2.44. The van der Waals surface area contributed by atoms with Crippen molar-refractivity contribution in [3.63, 3.8) is 0 Å². The lowest BCUT2D eigenvalue weighted by atomic mass is 9.84. The molecular formula is C36H39N5O6. The number of ether oxygens (including phenoxy) is 2. The van der Waals surface area contributed by atoms with Crippen molar-refractivity contribution in [1.82, 2.24) is 24.1 Å². The van der Waals surface area contributed by atoms with Crippen molar-refractivity contribution in [3.05, 3.63) is 120 Å². The second kappa shape index (κ2) is 13.9. The molecule has 11 nitrogen and oxygen atoms in total. The third kappa shape index (κ3) is 7.12. The number of aromatic nitrogens is 4. The van der Waals surface area contributed by atoms with Crippen molar-refractivity contribution >= 4 is 23.0 Å². The Bertz CT molecular complexity index is 1730. The van der Waals surface area contributed by atoms with Crippen molar-refractivity contribution in [2.45, 2.75) is 50.4 Å². The maximum Gasteiger partial charge on any atom is 0.328 e. The third-order valence-corrected chi connectivity index (χ3v) is 9.02. The summed E-state index contributed by atoms with van der Waals surface area (Å²) < 4.78 is 16.8. The monoisotopic (exact) mass is 637 g/mol. The number of benzene rings is 1. The van der Waals surface area contributed by atoms with E-state index in [4.69, 9.17) is 29.9 Å². The lowest BCUT2D eigenvalue weighted by molar-refractivity contribution is -0.134. The number of fused-ring (bicyclic) bond motifs is 4. The first-order chi connectivity index (χ1) is 22.8. The Hall–Kier alpha value is -4.84. The van der Waals surface area contributed by atoms with Gasteiger partial charge in [0.25, 0.3) is 0 Å². The molecule has 1 spiro atoms. The van der Waals surface area contributed by atoms with Crippen LogP contribution in [0.15, 0.2) is 97.3 Å². The maximum absolute atomic E-state index is 9.55. The van der Waals surface area contributed by atoms with E-state index in [1.54, 1.807) is 0 Å². The number of nitrogens with zero attached hydrogens (tertiary/aromatic N) is 5. The Morgan fingerprint density at radius 3 is 2.02 bits per heavy atom. The molecule has 1 saturated heterocycles. The Morgan fingerprint density at radius 1 is 0.872 bits per heavy atom. The van der Waals surface area contributed by atoms with Crippen LogP contribution in [-0.2, 0) is 36.9 Å². The number of carbonyl (C=O) groups is 2. The van der Waals surface area contributed by atoms with Gasteiger partial charge in [-0.15, -0.1) is 0 Å². The summed E-state index contributed by atoms with van der Waals surface area (Å²) in [7, 11) is 0. The number of rotatable bonds is 10. The van der Waals surface area contributed by atoms with E-state index in [2.05, 4.69) is 60.4 Å². The first-order valence-electron chi connectivity index (χ1n) is 15.9. The summed E-state index contributed by atoms with van der Waals surface area (Å²) in [5.41, 5.74) is 5.79. The number of likely N-dealkylation sites (tertiary alicyclic amines) is 1. The molecule has 0 aliphatic carbocycles. The lowest BCUT2D eigenvalue weighted by Gasteiger charge is -2.39. The first-order valence-corrected chi connectivity index (χ1v) is 15.9. The highest BCUT2D eigenvalue weighted by Gasteiger charge is 2.42. The van der Waals surface area contributed by atoms with Gasteiger partial charge in [-0.1, -0.05) is 36.4 Å². The molecule has 47 heavy (non-hydrogen) atoms. The van der Waals surface area contributed by atoms with Gasteiger partial charge in [0.2, 0.25) is 0 Å². The Morgan fingerprint density at radius 2 is 1.45 bits per heavy atom. The second-order valence-electron chi connectivity index (χ2n) is 12.1. The van der Waals surface area contributed by atoms with E-state index in [1.807, 2.05) is 45.7 Å². The molecule has 0 radical (unpaired) electrons. The van der Waals surface area contributed by atoms with Gasteiger partial charge in [0, 0.05) is 44.2 Å². The lowest BCUT2D eigenvalue weighted by Crippen LogP contribution is -2.42. The molecule has 5 aromatic rings. The fourth-order valence-corrected chi connectivity index (χ4v) is 6.41. The highest BCUT2D eigenvalue weighted by atomic mass is 16.5. The molecule has 0 amide bonds. The van der Waals surface area contributed by atoms with E-state index in [9.17, 15) is 9.59 Å². The van der Waals surface area contributed by atoms with Crippen LogP contribution >= 0.6 is 0 Å². The predicted octanol–water partition coefficient (Wildman–Crippen LogP) is 5.28. The molecule has 1 aromatic carbocycles. The molecular weight excluding hydrogens is 598 g/mol. The standard InChI is InChI=1S/C32H35N5O2.C4H4O4/c1-31(29-22-26-11-4-6-17-36(26)33-29,30-23-27-12-5-7-18-37(27)34-30)38-21-9-8-16-35-19-14-32(15-20-35)28-13-3-2-10-25(28)24-39-32;5-3(6)1-2-4(7)8/h2-7,10-13,17-18,22-23H,8-9,14-16,19-21,24H2,1H3;1-2H,(H,5,6)(H,7,8)/b;2-1-. The Kier molecular flexibility index (Phi) is 9.48. The fourth-order valence-electron chi connectivity index (χ4n) is 6.41. The van der Waals surface area contributed by atoms with Gasteiger partial charge in [0.1, 0.15) is 11.4 Å². The van der Waals surface area contributed by atoms with Crippen LogP contribution in [0.4, 0.5) is 0 Å². The molecule has 2 aliphatic rings. The zero-order valence-electron chi connectivity index (χ0n) is 26.4. The van der Waals surface area contributed by atoms with E-state index < -0.39 is 17.5 Å². The van der Waals surface area contributed by atoms with Crippen LogP contribution < -0.4 is 0 Å². The summed E-state index contributed by atoms with van der Waals surface area (Å²) >= 11 is 0. The molecule has 7 rings (SSSR count). The van der Waals surface area contributed by atoms with Crippen LogP contribution in [0.1, 0.15) is 55.1 Å². The van der Waals surface area contributed by atoms with Crippen LogP contribution in [-0.4, -0.2) is 72.5 Å². The van der Waals surface area contributed by atoms with Gasteiger partial charge in [0.15, 0.2) is 5.60 Å². The van der Waals surface area contributed by atoms with Crippen LogP contribution in [0.2, 0.25) is 0 Å². The first kappa shape index (κ1) is 32.1. The summed E-state index contributed by atoms with van der Waals surface area (Å²) in [5.74, 6) is -2.51. The highest BCUT2D eigenvalue weighted by molar-refractivity contribution is 5.89. The van der Waals surface area contributed by atoms with Crippen molar-refractivity contribution < 1.29 is 29.3 Å². The molecule has 0 bridgehead atoms. The average molecular weight is 638 g/mol. The van der Waals surface area contributed by atoms with Gasteiger partial charge < -0.3 is 24.6 Å². The number of carboxylic acids is 2. The molecule has 4 aromatic heterocycles. The minimum absolute atomic E-state index is 0.0692. The molecule has 244 valence electrons. The Balaban J connectivity index is 0.000000431. The molecule has 0 saturated carbocycles. The van der Waals surface area contributed by atoms with E-state index in [0.29, 0.717) is 18.8 Å². The Labute approximate surface area is 272 Å². The van der Waals surface area contributed by atoms with Gasteiger partial charge in [-0.05, 0) is 86.7 Å². The summed E-state index contributed by atoms with van der Waals surface area (Å²) in [6.07, 6.45) is 9.28. The topological polar surface area (TPSA) is 131 Å². The molecule has 0 unspecified atom stereocenters. The van der Waals surface area contributed by atoms with E-state index in [-0.39, 0.29) is 5.60 Å². The molecule has 2 aliphatic heterocycles. The number of hydrogen-bond donors (Lipinski definition) is 2. The molecule has 2 N–H and O–H groups in total. The normalized spacial score (nSPS) is 16.0. The zero-order chi connectivity index (χ0) is 32.9. The van der Waals surface area contributed by atoms with Gasteiger partial charge in [-0.3, -0.25) is 0 Å². The average Bonchev–Trinajstić information content (AvgIpc) is 3.81. The van der Waals surface area contributed by atoms with Gasteiger partial charge >= 0.3 is 11.9 Å². The molecule has 0 atom stereocenters. The molecule has 11 heteroatoms. The van der Waals surface area contributed by atoms with Gasteiger partial charge in [-0.25, -0.2) is 18.6 Å². The minimum atomic E-state index is -1.26. The van der Waals surface area contributed by atoms with E-state index >= 15 is 0 Å². The molecule has 6 heterocycles. The van der Waals surface area contributed by atoms with Crippen molar-refractivity contribution in [1.29, 1.82) is 0 Å². The smallest absolute Gasteiger partial charge is 0.328 e. The van der Waals surface area contributed by atoms with Crippen molar-refractivity contribution in [3.8, 4) is 0 Å². The number of aliphatic carboxylic acids is 2. The second-order valence-corrected chi connectivity index (χ2v) is 12.1. The van der Waals surface area contributed by atoms with E-state index in [0.717, 1.165) is 74.3 Å². The largest absolute Gasteiger partial charge is 0.478 e. The van der Waals surface area contributed by atoms with Crippen LogP contribution in [0.5, 0.6) is 0 Å². The minimum Gasteiger partial charge on any atom is -0.478 e. The summed E-state index contributed by atoms with van der Waals surface area (Å²) in [6, 6.07) is 25.1. The quantitative estimate of drug-likeness (QED) is 0.155. The van der Waals surface area contributed by atoms with Gasteiger partial charge in [-0.2, -0.15) is 10.2 Å². The van der Waals surface area contributed by atoms with E-state index in [1.165, 1.54) is 11.1 Å². The number of pyridine rings is 2. The summed E-state index contributed by atoms with van der Waals surface area (Å²) in [4.78, 5) is 21.7. The van der Waals surface area contributed by atoms with Gasteiger partial charge in [0.05, 0.1) is 23.2 Å². The number of unbranched alkanes of at least 4 members (excludes halogenated alkanes) is 1. The summed E-state index contributed by atoms with van der Waals surface area (Å²) in [6.45, 7) is 6.74. The fraction of sp³-hybridized carbons (Fsp3) is 0.333. The number of piperidine rings is 1. The maximum atomic E-state index is 9.55. The summed E-state index contributed by atoms with van der Waals surface area (Å²) in [5, 5.41) is 25.4. The number of hydrogen-bond acceptors (Lipinski definition) is 7. The zero-order valence-corrected chi connectivity index (χ0v) is 26.4. The third-order valence-electron chi connectivity index (χ3n) is 9.02. The predicted molar refractivity (Wildman–Crippen MR) is 175 cm³/mol. The number of carboxylic acid groups (broad SMARTS) is 2. The van der Waals surface area contributed by atoms with Crippen molar-refractivity contribution in [2.24, 2.45) is 0 Å². The van der Waals surface area contributed by atoms with Crippen LogP contribution in [0.3, 0.4) is 0 Å². The van der Waals surface area contributed by atoms with Crippen LogP contribution in [0, 0.1) is 0 Å². The van der Waals surface area contributed by atoms with Crippen molar-refractivity contribution in [2.75, 3.05) is 26.2 Å².